The average Bonchev–Trinajstić information content (AvgIpc) is 2.61. The Hall–Kier alpha value is -2.69. The van der Waals surface area contributed by atoms with Crippen LogP contribution < -0.4 is 10.3 Å². The summed E-state index contributed by atoms with van der Waals surface area (Å²) >= 11 is 0. The standard InChI is InChI=1S/C18H22N4O/c1-4-22(5-2)16-11-9-15(10-12-16)18(23)21-20-14(3)17-8-6-7-13-19-17/h6-13H,4-5H2,1-3H3,(H,21,23). The van der Waals surface area contributed by atoms with Gasteiger partial charge in [0.2, 0.25) is 0 Å². The number of anilines is 1. The van der Waals surface area contributed by atoms with Gasteiger partial charge in [0.1, 0.15) is 0 Å². The van der Waals surface area contributed by atoms with Crippen molar-refractivity contribution in [2.45, 2.75) is 20.8 Å². The fraction of sp³-hybridized carbons (Fsp3) is 0.278. The molecule has 0 aliphatic carbocycles. The number of hydrazone groups is 1. The Balaban J connectivity index is 2.03. The Morgan fingerprint density at radius 3 is 2.39 bits per heavy atom. The molecule has 0 unspecified atom stereocenters. The Morgan fingerprint density at radius 1 is 1.13 bits per heavy atom. The molecule has 1 N–H and O–H groups in total. The highest BCUT2D eigenvalue weighted by Gasteiger charge is 2.07. The minimum Gasteiger partial charge on any atom is -0.372 e. The second-order valence-electron chi connectivity index (χ2n) is 5.07. The van der Waals surface area contributed by atoms with Gasteiger partial charge >= 0.3 is 0 Å². The van der Waals surface area contributed by atoms with E-state index in [-0.39, 0.29) is 5.91 Å². The van der Waals surface area contributed by atoms with E-state index < -0.39 is 0 Å². The molecule has 0 fully saturated rings. The van der Waals surface area contributed by atoms with Crippen molar-refractivity contribution < 1.29 is 4.79 Å². The summed E-state index contributed by atoms with van der Waals surface area (Å²) in [5.41, 5.74) is 5.67. The molecule has 0 atom stereocenters. The molecule has 0 bridgehead atoms. The van der Waals surface area contributed by atoms with Crippen molar-refractivity contribution in [3.8, 4) is 0 Å². The van der Waals surface area contributed by atoms with E-state index in [0.717, 1.165) is 24.5 Å². The monoisotopic (exact) mass is 310 g/mol. The number of carbonyl (C=O) groups is 1. The van der Waals surface area contributed by atoms with Crippen molar-refractivity contribution in [1.29, 1.82) is 0 Å². The summed E-state index contributed by atoms with van der Waals surface area (Å²) in [6, 6.07) is 13.1. The Bertz CT molecular complexity index is 661. The highest BCUT2D eigenvalue weighted by Crippen LogP contribution is 2.14. The molecule has 5 heteroatoms. The predicted molar refractivity (Wildman–Crippen MR) is 93.9 cm³/mol. The summed E-state index contributed by atoms with van der Waals surface area (Å²) in [6.45, 7) is 7.91. The average molecular weight is 310 g/mol. The first-order chi connectivity index (χ1) is 11.2. The molecule has 2 aromatic rings. The summed E-state index contributed by atoms with van der Waals surface area (Å²) in [5.74, 6) is -0.230. The number of pyridine rings is 1. The first-order valence-corrected chi connectivity index (χ1v) is 7.76. The summed E-state index contributed by atoms with van der Waals surface area (Å²) < 4.78 is 0. The van der Waals surface area contributed by atoms with Crippen molar-refractivity contribution >= 4 is 17.3 Å². The van der Waals surface area contributed by atoms with Gasteiger partial charge in [-0.3, -0.25) is 9.78 Å². The van der Waals surface area contributed by atoms with E-state index in [2.05, 4.69) is 34.3 Å². The molecule has 0 aliphatic heterocycles. The zero-order valence-corrected chi connectivity index (χ0v) is 13.8. The summed E-state index contributed by atoms with van der Waals surface area (Å²) in [5, 5.41) is 4.10. The van der Waals surface area contributed by atoms with Crippen molar-refractivity contribution in [1.82, 2.24) is 10.4 Å². The maximum absolute atomic E-state index is 12.1. The molecule has 23 heavy (non-hydrogen) atoms. The lowest BCUT2D eigenvalue weighted by Crippen LogP contribution is -2.22. The van der Waals surface area contributed by atoms with Crippen LogP contribution in [0, 0.1) is 0 Å². The van der Waals surface area contributed by atoms with Crippen LogP contribution in [0.2, 0.25) is 0 Å². The van der Waals surface area contributed by atoms with E-state index in [1.165, 1.54) is 0 Å². The van der Waals surface area contributed by atoms with Crippen LogP contribution in [0.3, 0.4) is 0 Å². The Kier molecular flexibility index (Phi) is 5.86. The smallest absolute Gasteiger partial charge is 0.271 e. The molecule has 5 nitrogen and oxygen atoms in total. The van der Waals surface area contributed by atoms with Gasteiger partial charge in [-0.1, -0.05) is 6.07 Å². The minimum absolute atomic E-state index is 0.230. The summed E-state index contributed by atoms with van der Waals surface area (Å²) in [6.07, 6.45) is 1.70. The van der Waals surface area contributed by atoms with E-state index in [1.54, 1.807) is 6.20 Å². The van der Waals surface area contributed by atoms with Crippen LogP contribution in [0.1, 0.15) is 36.8 Å². The number of hydrogen-bond donors (Lipinski definition) is 1. The van der Waals surface area contributed by atoms with Crippen molar-refractivity contribution in [3.05, 3.63) is 59.9 Å². The lowest BCUT2D eigenvalue weighted by atomic mass is 10.2. The SMILES string of the molecule is CCN(CC)c1ccc(C(=O)NN=C(C)c2ccccn2)cc1. The van der Waals surface area contributed by atoms with Gasteiger partial charge in [0.05, 0.1) is 11.4 Å². The molecule has 1 aromatic carbocycles. The van der Waals surface area contributed by atoms with Crippen LogP contribution in [-0.4, -0.2) is 29.7 Å². The maximum Gasteiger partial charge on any atom is 0.271 e. The van der Waals surface area contributed by atoms with Crippen LogP contribution >= 0.6 is 0 Å². The van der Waals surface area contributed by atoms with E-state index >= 15 is 0 Å². The zero-order chi connectivity index (χ0) is 16.7. The van der Waals surface area contributed by atoms with Crippen LogP contribution in [0.25, 0.3) is 0 Å². The number of benzene rings is 1. The van der Waals surface area contributed by atoms with E-state index in [0.29, 0.717) is 11.3 Å². The van der Waals surface area contributed by atoms with Gasteiger partial charge in [-0.25, -0.2) is 5.43 Å². The topological polar surface area (TPSA) is 57.6 Å². The Morgan fingerprint density at radius 2 is 1.83 bits per heavy atom. The van der Waals surface area contributed by atoms with E-state index in [1.807, 2.05) is 49.4 Å². The molecule has 0 aliphatic rings. The summed E-state index contributed by atoms with van der Waals surface area (Å²) in [7, 11) is 0. The third-order valence-corrected chi connectivity index (χ3v) is 3.62. The summed E-state index contributed by atoms with van der Waals surface area (Å²) in [4.78, 5) is 18.6. The van der Waals surface area contributed by atoms with Crippen LogP contribution in [-0.2, 0) is 0 Å². The van der Waals surface area contributed by atoms with Crippen LogP contribution in [0.5, 0.6) is 0 Å². The van der Waals surface area contributed by atoms with Crippen LogP contribution in [0.15, 0.2) is 53.8 Å². The largest absolute Gasteiger partial charge is 0.372 e. The third kappa shape index (κ3) is 4.39. The van der Waals surface area contributed by atoms with Gasteiger partial charge in [0, 0.05) is 30.5 Å². The highest BCUT2D eigenvalue weighted by atomic mass is 16.2. The van der Waals surface area contributed by atoms with Crippen molar-refractivity contribution in [2.24, 2.45) is 5.10 Å². The second kappa shape index (κ2) is 8.08. The van der Waals surface area contributed by atoms with Gasteiger partial charge in [-0.15, -0.1) is 0 Å². The number of amides is 1. The predicted octanol–water partition coefficient (Wildman–Crippen LogP) is 3.08. The second-order valence-corrected chi connectivity index (χ2v) is 5.07. The quantitative estimate of drug-likeness (QED) is 0.659. The van der Waals surface area contributed by atoms with Crippen LogP contribution in [0.4, 0.5) is 5.69 Å². The molecule has 0 spiro atoms. The van der Waals surface area contributed by atoms with Gasteiger partial charge in [-0.05, 0) is 57.2 Å². The number of nitrogens with zero attached hydrogens (tertiary/aromatic N) is 3. The first-order valence-electron chi connectivity index (χ1n) is 7.76. The number of nitrogens with one attached hydrogen (secondary N) is 1. The van der Waals surface area contributed by atoms with Gasteiger partial charge in [0.25, 0.3) is 5.91 Å². The normalized spacial score (nSPS) is 11.2. The van der Waals surface area contributed by atoms with Gasteiger partial charge < -0.3 is 4.90 Å². The number of rotatable bonds is 6. The number of aromatic nitrogens is 1. The fourth-order valence-electron chi connectivity index (χ4n) is 2.25. The zero-order valence-electron chi connectivity index (χ0n) is 13.8. The molecular weight excluding hydrogens is 288 g/mol. The molecule has 0 radical (unpaired) electrons. The Labute approximate surface area is 137 Å². The molecule has 1 aromatic heterocycles. The van der Waals surface area contributed by atoms with Crippen molar-refractivity contribution in [3.63, 3.8) is 0 Å². The molecule has 1 amide bonds. The van der Waals surface area contributed by atoms with Gasteiger partial charge in [0.15, 0.2) is 0 Å². The van der Waals surface area contributed by atoms with E-state index in [4.69, 9.17) is 0 Å². The van der Waals surface area contributed by atoms with E-state index in [9.17, 15) is 4.79 Å². The first kappa shape index (κ1) is 16.7. The fourth-order valence-corrected chi connectivity index (χ4v) is 2.25. The van der Waals surface area contributed by atoms with Crippen molar-refractivity contribution in [2.75, 3.05) is 18.0 Å². The van der Waals surface area contributed by atoms with Gasteiger partial charge in [-0.2, -0.15) is 5.10 Å². The molecular formula is C18H22N4O. The molecule has 0 saturated heterocycles. The maximum atomic E-state index is 12.1. The third-order valence-electron chi connectivity index (χ3n) is 3.62. The highest BCUT2D eigenvalue weighted by molar-refractivity contribution is 5.99. The molecule has 1 heterocycles. The minimum atomic E-state index is -0.230. The number of hydrogen-bond acceptors (Lipinski definition) is 4. The molecule has 2 rings (SSSR count). The number of carbonyl (C=O) groups excluding carboxylic acids is 1. The molecule has 0 saturated carbocycles. The molecule has 120 valence electrons. The lowest BCUT2D eigenvalue weighted by Gasteiger charge is -2.20. The lowest BCUT2D eigenvalue weighted by molar-refractivity contribution is 0.0955.